The number of benzene rings is 1. The number of anilines is 1. The highest BCUT2D eigenvalue weighted by molar-refractivity contribution is 5.57. The summed E-state index contributed by atoms with van der Waals surface area (Å²) < 4.78 is 13.6. The summed E-state index contributed by atoms with van der Waals surface area (Å²) >= 11 is 0. The molecule has 1 fully saturated rings. The summed E-state index contributed by atoms with van der Waals surface area (Å²) in [5, 5.41) is 7.16. The van der Waals surface area contributed by atoms with E-state index in [0.717, 1.165) is 25.9 Å². The van der Waals surface area contributed by atoms with Crippen LogP contribution in [0.4, 0.5) is 10.3 Å². The van der Waals surface area contributed by atoms with Gasteiger partial charge in [0.05, 0.1) is 0 Å². The second kappa shape index (κ2) is 5.81. The third-order valence-electron chi connectivity index (χ3n) is 4.05. The molecule has 1 aliphatic rings. The molecule has 112 valence electrons. The summed E-state index contributed by atoms with van der Waals surface area (Å²) in [6, 6.07) is 5.08. The molecule has 0 radical (unpaired) electrons. The van der Waals surface area contributed by atoms with Gasteiger partial charge in [0.25, 0.3) is 0 Å². The number of piperidine rings is 1. The lowest BCUT2D eigenvalue weighted by atomic mass is 9.99. The molecule has 0 saturated carbocycles. The summed E-state index contributed by atoms with van der Waals surface area (Å²) in [5.74, 6) is 1.53. The topological polar surface area (TPSA) is 70.8 Å². The van der Waals surface area contributed by atoms with Crippen molar-refractivity contribution in [2.24, 2.45) is 11.7 Å². The summed E-state index contributed by atoms with van der Waals surface area (Å²) in [6.45, 7) is 4.26. The second-order valence-electron chi connectivity index (χ2n) is 5.64. The lowest BCUT2D eigenvalue weighted by molar-refractivity contribution is 0.420. The summed E-state index contributed by atoms with van der Waals surface area (Å²) in [6.07, 6.45) is 2.26. The standard InChI is InChI=1S/C15H20FN5/c1-10-4-5-12(7-13(10)16)14-18-15(20-19-14)21-6-2-3-11(8-17)9-21/h4-5,7,11H,2-3,6,8-9,17H2,1H3,(H,18,19,20). The zero-order valence-electron chi connectivity index (χ0n) is 12.1. The molecule has 1 aliphatic heterocycles. The molecule has 1 atom stereocenters. The van der Waals surface area contributed by atoms with Gasteiger partial charge in [0.2, 0.25) is 5.95 Å². The van der Waals surface area contributed by atoms with Crippen LogP contribution in [0, 0.1) is 18.7 Å². The van der Waals surface area contributed by atoms with Crippen molar-refractivity contribution in [3.05, 3.63) is 29.6 Å². The quantitative estimate of drug-likeness (QED) is 0.907. The number of aromatic nitrogens is 3. The van der Waals surface area contributed by atoms with Gasteiger partial charge in [0.15, 0.2) is 5.82 Å². The number of nitrogens with two attached hydrogens (primary N) is 1. The fourth-order valence-corrected chi connectivity index (χ4v) is 2.70. The fourth-order valence-electron chi connectivity index (χ4n) is 2.70. The second-order valence-corrected chi connectivity index (χ2v) is 5.64. The van der Waals surface area contributed by atoms with Gasteiger partial charge in [-0.15, -0.1) is 5.10 Å². The van der Waals surface area contributed by atoms with Crippen molar-refractivity contribution in [1.82, 2.24) is 15.2 Å². The van der Waals surface area contributed by atoms with E-state index in [0.29, 0.717) is 35.4 Å². The normalized spacial score (nSPS) is 19.0. The van der Waals surface area contributed by atoms with E-state index in [1.165, 1.54) is 6.07 Å². The summed E-state index contributed by atoms with van der Waals surface area (Å²) in [5.41, 5.74) is 7.09. The van der Waals surface area contributed by atoms with Gasteiger partial charge in [-0.1, -0.05) is 12.1 Å². The maximum absolute atomic E-state index is 13.6. The first-order valence-corrected chi connectivity index (χ1v) is 7.31. The van der Waals surface area contributed by atoms with E-state index in [1.807, 2.05) is 6.07 Å². The third-order valence-corrected chi connectivity index (χ3v) is 4.05. The van der Waals surface area contributed by atoms with E-state index < -0.39 is 0 Å². The van der Waals surface area contributed by atoms with E-state index in [2.05, 4.69) is 20.1 Å². The van der Waals surface area contributed by atoms with Crippen molar-refractivity contribution in [2.45, 2.75) is 19.8 Å². The molecule has 3 rings (SSSR count). The largest absolute Gasteiger partial charge is 0.339 e. The minimum absolute atomic E-state index is 0.230. The van der Waals surface area contributed by atoms with Crippen LogP contribution in [0.2, 0.25) is 0 Å². The first-order chi connectivity index (χ1) is 10.2. The molecule has 0 amide bonds. The van der Waals surface area contributed by atoms with Gasteiger partial charge >= 0.3 is 0 Å². The number of aryl methyl sites for hydroxylation is 1. The zero-order chi connectivity index (χ0) is 14.8. The minimum Gasteiger partial charge on any atom is -0.339 e. The van der Waals surface area contributed by atoms with Crippen LogP contribution in [-0.4, -0.2) is 34.8 Å². The van der Waals surface area contributed by atoms with Gasteiger partial charge in [0, 0.05) is 18.7 Å². The van der Waals surface area contributed by atoms with Crippen molar-refractivity contribution in [3.8, 4) is 11.4 Å². The van der Waals surface area contributed by atoms with Crippen LogP contribution in [0.3, 0.4) is 0 Å². The lowest BCUT2D eigenvalue weighted by Crippen LogP contribution is -2.38. The molecule has 2 heterocycles. The predicted molar refractivity (Wildman–Crippen MR) is 80.5 cm³/mol. The molecule has 1 saturated heterocycles. The lowest BCUT2D eigenvalue weighted by Gasteiger charge is -2.31. The maximum atomic E-state index is 13.6. The Labute approximate surface area is 123 Å². The number of nitrogens with zero attached hydrogens (tertiary/aromatic N) is 3. The maximum Gasteiger partial charge on any atom is 0.245 e. The third kappa shape index (κ3) is 2.90. The van der Waals surface area contributed by atoms with Crippen molar-refractivity contribution >= 4 is 5.95 Å². The smallest absolute Gasteiger partial charge is 0.245 e. The van der Waals surface area contributed by atoms with E-state index in [-0.39, 0.29) is 5.82 Å². The molecule has 1 aromatic heterocycles. The molecule has 1 unspecified atom stereocenters. The molecule has 0 bridgehead atoms. The van der Waals surface area contributed by atoms with E-state index in [4.69, 9.17) is 5.73 Å². The number of hydrogen-bond donors (Lipinski definition) is 2. The van der Waals surface area contributed by atoms with E-state index >= 15 is 0 Å². The van der Waals surface area contributed by atoms with Crippen LogP contribution < -0.4 is 10.6 Å². The van der Waals surface area contributed by atoms with Crippen molar-refractivity contribution in [1.29, 1.82) is 0 Å². The molecular formula is C15H20FN5. The van der Waals surface area contributed by atoms with Crippen LogP contribution in [0.5, 0.6) is 0 Å². The number of aromatic amines is 1. The molecular weight excluding hydrogens is 269 g/mol. The highest BCUT2D eigenvalue weighted by Crippen LogP contribution is 2.23. The first kappa shape index (κ1) is 14.0. The minimum atomic E-state index is -0.230. The Morgan fingerprint density at radius 2 is 2.33 bits per heavy atom. The SMILES string of the molecule is Cc1ccc(-c2nc(N3CCCC(CN)C3)n[nH]2)cc1F. The van der Waals surface area contributed by atoms with Gasteiger partial charge in [-0.2, -0.15) is 4.98 Å². The van der Waals surface area contributed by atoms with Gasteiger partial charge in [-0.05, 0) is 43.9 Å². The van der Waals surface area contributed by atoms with Gasteiger partial charge in [-0.3, -0.25) is 5.10 Å². The Kier molecular flexibility index (Phi) is 3.88. The summed E-state index contributed by atoms with van der Waals surface area (Å²) in [4.78, 5) is 6.64. The molecule has 1 aromatic carbocycles. The molecule has 21 heavy (non-hydrogen) atoms. The highest BCUT2D eigenvalue weighted by Gasteiger charge is 2.22. The van der Waals surface area contributed by atoms with Crippen molar-refractivity contribution in [3.63, 3.8) is 0 Å². The highest BCUT2D eigenvalue weighted by atomic mass is 19.1. The Hall–Kier alpha value is -1.95. The number of H-pyrrole nitrogens is 1. The Morgan fingerprint density at radius 1 is 1.48 bits per heavy atom. The van der Waals surface area contributed by atoms with Crippen molar-refractivity contribution < 1.29 is 4.39 Å². The monoisotopic (exact) mass is 289 g/mol. The van der Waals surface area contributed by atoms with Gasteiger partial charge < -0.3 is 10.6 Å². The van der Waals surface area contributed by atoms with Crippen LogP contribution in [0.15, 0.2) is 18.2 Å². The molecule has 5 nitrogen and oxygen atoms in total. The Bertz CT molecular complexity index is 624. The molecule has 2 aromatic rings. The Morgan fingerprint density at radius 3 is 3.10 bits per heavy atom. The average Bonchev–Trinajstić information content (AvgIpc) is 3.00. The average molecular weight is 289 g/mol. The van der Waals surface area contributed by atoms with Crippen LogP contribution in [-0.2, 0) is 0 Å². The first-order valence-electron chi connectivity index (χ1n) is 7.31. The van der Waals surface area contributed by atoms with Gasteiger partial charge in [-0.25, -0.2) is 4.39 Å². The Balaban J connectivity index is 1.81. The molecule has 0 aliphatic carbocycles. The van der Waals surface area contributed by atoms with Crippen LogP contribution >= 0.6 is 0 Å². The molecule has 6 heteroatoms. The zero-order valence-corrected chi connectivity index (χ0v) is 12.1. The number of rotatable bonds is 3. The predicted octanol–water partition coefficient (Wildman–Crippen LogP) is 2.09. The summed E-state index contributed by atoms with van der Waals surface area (Å²) in [7, 11) is 0. The number of halogens is 1. The fraction of sp³-hybridized carbons (Fsp3) is 0.467. The van der Waals surface area contributed by atoms with Crippen molar-refractivity contribution in [2.75, 3.05) is 24.5 Å². The molecule has 3 N–H and O–H groups in total. The molecule has 0 spiro atoms. The van der Waals surface area contributed by atoms with Crippen LogP contribution in [0.1, 0.15) is 18.4 Å². The van der Waals surface area contributed by atoms with E-state index in [1.54, 1.807) is 13.0 Å². The van der Waals surface area contributed by atoms with E-state index in [9.17, 15) is 4.39 Å². The van der Waals surface area contributed by atoms with Crippen LogP contribution in [0.25, 0.3) is 11.4 Å². The number of nitrogens with one attached hydrogen (secondary N) is 1. The van der Waals surface area contributed by atoms with Gasteiger partial charge in [0.1, 0.15) is 5.82 Å². The number of hydrogen-bond acceptors (Lipinski definition) is 4.